The van der Waals surface area contributed by atoms with Crippen molar-refractivity contribution in [3.05, 3.63) is 24.3 Å². The second-order valence-corrected chi connectivity index (χ2v) is 7.82. The third-order valence-electron chi connectivity index (χ3n) is 1.81. The van der Waals surface area contributed by atoms with Gasteiger partial charge in [0.05, 0.1) is 0 Å². The van der Waals surface area contributed by atoms with Crippen LogP contribution in [0.3, 0.4) is 0 Å². The van der Waals surface area contributed by atoms with Crippen molar-refractivity contribution in [1.29, 1.82) is 0 Å². The number of hydrogen-bond acceptors (Lipinski definition) is 2. The minimum atomic E-state index is -3.26. The summed E-state index contributed by atoms with van der Waals surface area (Å²) in [6.45, 7) is 2.46. The van der Waals surface area contributed by atoms with Crippen LogP contribution in [0.1, 0.15) is 2.85 Å². The molecular formula is C8H14CaO4P2. The molecule has 0 fully saturated rings. The predicted molar refractivity (Wildman–Crippen MR) is 65.2 cm³/mol. The summed E-state index contributed by atoms with van der Waals surface area (Å²) in [4.78, 5) is 18.4. The molecule has 0 spiro atoms. The molecule has 0 radical (unpaired) electrons. The van der Waals surface area contributed by atoms with Crippen LogP contribution >= 0.6 is 14.7 Å². The molecule has 0 aliphatic heterocycles. The summed E-state index contributed by atoms with van der Waals surface area (Å²) in [6.07, 6.45) is 0. The van der Waals surface area contributed by atoms with Crippen molar-refractivity contribution >= 4 is 63.1 Å². The van der Waals surface area contributed by atoms with Gasteiger partial charge in [0.15, 0.2) is 0 Å². The summed E-state index contributed by atoms with van der Waals surface area (Å²) in [7, 11) is -6.52. The molecule has 0 saturated heterocycles. The SMILES string of the molecule is CP(=O)(O)c1ccc(P(C)(=O)O)cc1.[Ca+2].[H-].[H-]. The first-order valence-corrected chi connectivity index (χ1v) is 8.14. The van der Waals surface area contributed by atoms with Crippen LogP contribution in [0.2, 0.25) is 0 Å². The van der Waals surface area contributed by atoms with E-state index in [0.29, 0.717) is 0 Å². The molecule has 1 aromatic rings. The summed E-state index contributed by atoms with van der Waals surface area (Å²) in [5.41, 5.74) is 0. The molecule has 1 rings (SSSR count). The average molecular weight is 276 g/mol. The average Bonchev–Trinajstić information content (AvgIpc) is 2.01. The van der Waals surface area contributed by atoms with E-state index in [9.17, 15) is 18.9 Å². The molecule has 0 heterocycles. The molecule has 0 bridgehead atoms. The third kappa shape index (κ3) is 4.70. The summed E-state index contributed by atoms with van der Waals surface area (Å²) < 4.78 is 22.4. The van der Waals surface area contributed by atoms with E-state index in [1.807, 2.05) is 0 Å². The van der Waals surface area contributed by atoms with E-state index in [1.54, 1.807) is 0 Å². The van der Waals surface area contributed by atoms with Gasteiger partial charge in [-0.1, -0.05) is 0 Å². The Bertz CT molecular complexity index is 385. The summed E-state index contributed by atoms with van der Waals surface area (Å²) >= 11 is 0. The van der Waals surface area contributed by atoms with Crippen molar-refractivity contribution in [1.82, 2.24) is 0 Å². The topological polar surface area (TPSA) is 74.6 Å². The van der Waals surface area contributed by atoms with Crippen LogP contribution in [0.25, 0.3) is 0 Å². The van der Waals surface area contributed by atoms with Gasteiger partial charge in [-0.15, -0.1) is 0 Å². The maximum absolute atomic E-state index is 11.2. The van der Waals surface area contributed by atoms with Crippen LogP contribution in [-0.2, 0) is 9.13 Å². The monoisotopic (exact) mass is 276 g/mol. The normalized spacial score (nSPS) is 18.4. The zero-order chi connectivity index (χ0) is 11.0. The van der Waals surface area contributed by atoms with Crippen LogP contribution in [0, 0.1) is 0 Å². The van der Waals surface area contributed by atoms with Crippen molar-refractivity contribution in [2.24, 2.45) is 0 Å². The van der Waals surface area contributed by atoms with Gasteiger partial charge in [-0.25, -0.2) is 0 Å². The second kappa shape index (κ2) is 5.46. The molecule has 15 heavy (non-hydrogen) atoms. The molecule has 0 aliphatic carbocycles. The molecule has 4 nitrogen and oxygen atoms in total. The molecule has 0 aromatic heterocycles. The quantitative estimate of drug-likeness (QED) is 0.612. The Morgan fingerprint density at radius 3 is 1.27 bits per heavy atom. The van der Waals surface area contributed by atoms with E-state index < -0.39 is 14.7 Å². The van der Waals surface area contributed by atoms with Gasteiger partial charge in [0.1, 0.15) is 0 Å². The molecule has 1 aromatic carbocycles. The van der Waals surface area contributed by atoms with Gasteiger partial charge in [0.2, 0.25) is 14.7 Å². The van der Waals surface area contributed by atoms with Gasteiger partial charge in [-0.3, -0.25) is 9.13 Å². The summed E-state index contributed by atoms with van der Waals surface area (Å²) in [5, 5.41) is 0.574. The minimum absolute atomic E-state index is 0. The van der Waals surface area contributed by atoms with Crippen molar-refractivity contribution < 1.29 is 21.8 Å². The van der Waals surface area contributed by atoms with Crippen molar-refractivity contribution in [3.63, 3.8) is 0 Å². The van der Waals surface area contributed by atoms with Crippen LogP contribution in [0.15, 0.2) is 24.3 Å². The standard InChI is InChI=1S/C8H12O4P2.Ca.2H/c1-13(9,10)7-3-5-8(6-4-7)14(2,11)12;;;/h3-6H,1-2H3,(H,9,10)(H,11,12);;;/q;+2;2*-1. The van der Waals surface area contributed by atoms with Gasteiger partial charge in [-0.05, 0) is 24.3 Å². The molecule has 2 atom stereocenters. The fourth-order valence-electron chi connectivity index (χ4n) is 1.01. The zero-order valence-corrected chi connectivity index (χ0v) is 12.6. The van der Waals surface area contributed by atoms with E-state index in [-0.39, 0.29) is 51.2 Å². The molecular weight excluding hydrogens is 262 g/mol. The number of hydrogen-bond donors (Lipinski definition) is 2. The Morgan fingerprint density at radius 2 is 1.13 bits per heavy atom. The molecule has 0 amide bonds. The third-order valence-corrected chi connectivity index (χ3v) is 4.32. The molecule has 2 unspecified atom stereocenters. The molecule has 7 heteroatoms. The van der Waals surface area contributed by atoms with Crippen LogP contribution in [0.4, 0.5) is 0 Å². The Labute approximate surface area is 122 Å². The summed E-state index contributed by atoms with van der Waals surface area (Å²) in [6, 6.07) is 5.62. The van der Waals surface area contributed by atoms with Crippen molar-refractivity contribution in [2.75, 3.05) is 13.3 Å². The second-order valence-electron chi connectivity index (χ2n) is 3.27. The first kappa shape index (κ1) is 15.9. The Balaban J connectivity index is -0.000000653. The predicted octanol–water partition coefficient (Wildman–Crippen LogP) is 0.582. The van der Waals surface area contributed by atoms with Gasteiger partial charge in [0, 0.05) is 23.9 Å². The first-order chi connectivity index (χ1) is 6.21. The van der Waals surface area contributed by atoms with Gasteiger partial charge < -0.3 is 12.6 Å². The van der Waals surface area contributed by atoms with Gasteiger partial charge in [0.25, 0.3) is 0 Å². The first-order valence-electron chi connectivity index (χ1n) is 3.93. The fourth-order valence-corrected chi connectivity index (χ4v) is 2.41. The number of benzene rings is 1. The van der Waals surface area contributed by atoms with E-state index in [1.165, 1.54) is 37.6 Å². The zero-order valence-electron chi connectivity index (χ0n) is 10.6. The maximum Gasteiger partial charge on any atom is 2.00 e. The van der Waals surface area contributed by atoms with Crippen LogP contribution < -0.4 is 10.6 Å². The Morgan fingerprint density at radius 1 is 0.933 bits per heavy atom. The van der Waals surface area contributed by atoms with Crippen molar-refractivity contribution in [3.8, 4) is 0 Å². The van der Waals surface area contributed by atoms with Gasteiger partial charge in [-0.2, -0.15) is 0 Å². The minimum Gasteiger partial charge on any atom is -1.00 e. The van der Waals surface area contributed by atoms with E-state index in [0.717, 1.165) is 0 Å². The maximum atomic E-state index is 11.2. The smallest absolute Gasteiger partial charge is 1.00 e. The summed E-state index contributed by atoms with van der Waals surface area (Å²) in [5.74, 6) is 0. The van der Waals surface area contributed by atoms with Crippen LogP contribution in [0.5, 0.6) is 0 Å². The van der Waals surface area contributed by atoms with Crippen molar-refractivity contribution in [2.45, 2.75) is 0 Å². The van der Waals surface area contributed by atoms with Crippen LogP contribution in [-0.4, -0.2) is 60.9 Å². The Kier molecular flexibility index (Phi) is 5.78. The largest absolute Gasteiger partial charge is 2.00 e. The molecule has 82 valence electrons. The van der Waals surface area contributed by atoms with E-state index in [4.69, 9.17) is 0 Å². The van der Waals surface area contributed by atoms with Gasteiger partial charge >= 0.3 is 37.7 Å². The molecule has 0 saturated carbocycles. The van der Waals surface area contributed by atoms with E-state index in [2.05, 4.69) is 0 Å². The van der Waals surface area contributed by atoms with E-state index >= 15 is 0 Å². The fraction of sp³-hybridized carbons (Fsp3) is 0.250. The number of rotatable bonds is 2. The Hall–Kier alpha value is 0.860. The molecule has 0 aliphatic rings. The molecule has 2 N–H and O–H groups in total.